The van der Waals surface area contributed by atoms with Crippen molar-refractivity contribution >= 4 is 11.9 Å². The van der Waals surface area contributed by atoms with Crippen molar-refractivity contribution in [2.45, 2.75) is 207 Å². The van der Waals surface area contributed by atoms with E-state index in [9.17, 15) is 9.59 Å². The molecule has 0 bridgehead atoms. The summed E-state index contributed by atoms with van der Waals surface area (Å²) in [5.74, 6) is 0.795. The van der Waals surface area contributed by atoms with Crippen molar-refractivity contribution < 1.29 is 19.1 Å². The number of unbranched alkanes of at least 4 members (excludes halogenated alkanes) is 17. The van der Waals surface area contributed by atoms with Gasteiger partial charge in [-0.3, -0.25) is 9.59 Å². The van der Waals surface area contributed by atoms with Crippen LogP contribution in [-0.2, 0) is 19.1 Å². The van der Waals surface area contributed by atoms with Crippen LogP contribution in [-0.4, -0.2) is 25.2 Å². The van der Waals surface area contributed by atoms with Gasteiger partial charge in [0.05, 0.1) is 13.2 Å². The van der Waals surface area contributed by atoms with Gasteiger partial charge in [0.25, 0.3) is 0 Å². The highest BCUT2D eigenvalue weighted by Gasteiger charge is 2.14. The van der Waals surface area contributed by atoms with Gasteiger partial charge in [0, 0.05) is 12.8 Å². The molecule has 0 aromatic heterocycles. The normalized spacial score (nSPS) is 12.8. The first-order valence-electron chi connectivity index (χ1n) is 18.9. The topological polar surface area (TPSA) is 52.6 Å². The fourth-order valence-corrected chi connectivity index (χ4v) is 5.87. The number of carbonyl (C=O) groups is 2. The fourth-order valence-electron chi connectivity index (χ4n) is 5.87. The minimum absolute atomic E-state index is 0.101. The van der Waals surface area contributed by atoms with Gasteiger partial charge < -0.3 is 9.47 Å². The molecule has 0 aromatic carbocycles. The molecule has 2 atom stereocenters. The predicted molar refractivity (Wildman–Crippen MR) is 181 cm³/mol. The van der Waals surface area contributed by atoms with Gasteiger partial charge in [-0.15, -0.1) is 0 Å². The van der Waals surface area contributed by atoms with Gasteiger partial charge in [0.15, 0.2) is 0 Å². The zero-order chi connectivity index (χ0) is 30.9. The van der Waals surface area contributed by atoms with Gasteiger partial charge in [0.1, 0.15) is 0 Å². The van der Waals surface area contributed by atoms with E-state index in [4.69, 9.17) is 9.47 Å². The lowest BCUT2D eigenvalue weighted by molar-refractivity contribution is -0.147. The van der Waals surface area contributed by atoms with Crippen LogP contribution in [0.15, 0.2) is 0 Å². The third-order valence-corrected chi connectivity index (χ3v) is 8.84. The fraction of sp³-hybridized carbons (Fsp3) is 0.947. The highest BCUT2D eigenvalue weighted by molar-refractivity contribution is 5.70. The zero-order valence-electron chi connectivity index (χ0n) is 29.0. The Morgan fingerprint density at radius 3 is 0.952 bits per heavy atom. The molecule has 0 heterocycles. The van der Waals surface area contributed by atoms with Gasteiger partial charge in [0.2, 0.25) is 0 Å². The van der Waals surface area contributed by atoms with E-state index >= 15 is 0 Å². The largest absolute Gasteiger partial charge is 0.465 e. The summed E-state index contributed by atoms with van der Waals surface area (Å²) >= 11 is 0. The molecule has 4 heteroatoms. The number of ether oxygens (including phenoxy) is 2. The van der Waals surface area contributed by atoms with Gasteiger partial charge in [-0.1, -0.05) is 156 Å². The van der Waals surface area contributed by atoms with Crippen molar-refractivity contribution in [2.75, 3.05) is 13.2 Å². The molecule has 0 aromatic rings. The van der Waals surface area contributed by atoms with E-state index in [1.807, 2.05) is 0 Å². The van der Waals surface area contributed by atoms with Crippen molar-refractivity contribution in [3.63, 3.8) is 0 Å². The van der Waals surface area contributed by atoms with Gasteiger partial charge in [-0.25, -0.2) is 0 Å². The Kier molecular flexibility index (Phi) is 32.0. The summed E-state index contributed by atoms with van der Waals surface area (Å²) in [7, 11) is 0. The van der Waals surface area contributed by atoms with Crippen molar-refractivity contribution in [1.82, 2.24) is 0 Å². The number of carbonyl (C=O) groups excluding carboxylic acids is 2. The molecule has 0 amide bonds. The molecule has 0 rings (SSSR count). The van der Waals surface area contributed by atoms with Crippen LogP contribution in [0.3, 0.4) is 0 Å². The summed E-state index contributed by atoms with van der Waals surface area (Å²) in [6.07, 6.45) is 32.8. The van der Waals surface area contributed by atoms with E-state index in [0.29, 0.717) is 50.7 Å². The molecule has 0 aliphatic heterocycles. The lowest BCUT2D eigenvalue weighted by Crippen LogP contribution is -2.15. The maximum atomic E-state index is 12.4. The lowest BCUT2D eigenvalue weighted by Gasteiger charge is -2.17. The summed E-state index contributed by atoms with van der Waals surface area (Å²) < 4.78 is 11.4. The maximum Gasteiger partial charge on any atom is 0.305 e. The Bertz CT molecular complexity index is 525. The summed E-state index contributed by atoms with van der Waals surface area (Å²) in [5.41, 5.74) is 0. The molecule has 0 fully saturated rings. The van der Waals surface area contributed by atoms with Crippen LogP contribution in [0.5, 0.6) is 0 Å². The van der Waals surface area contributed by atoms with Crippen LogP contribution < -0.4 is 0 Å². The number of esters is 2. The van der Waals surface area contributed by atoms with Crippen LogP contribution in [0, 0.1) is 11.8 Å². The first-order chi connectivity index (χ1) is 20.6. The second-order valence-electron chi connectivity index (χ2n) is 13.1. The van der Waals surface area contributed by atoms with E-state index in [0.717, 1.165) is 0 Å². The molecule has 0 aliphatic rings. The molecule has 0 radical (unpaired) electrons. The van der Waals surface area contributed by atoms with Crippen LogP contribution in [0.4, 0.5) is 0 Å². The van der Waals surface area contributed by atoms with E-state index in [2.05, 4.69) is 27.7 Å². The predicted octanol–water partition coefficient (Wildman–Crippen LogP) is 12.3. The number of hydrogen-bond donors (Lipinski definition) is 0. The third-order valence-electron chi connectivity index (χ3n) is 8.84. The molecule has 250 valence electrons. The van der Waals surface area contributed by atoms with Crippen LogP contribution in [0.25, 0.3) is 0 Å². The first-order valence-corrected chi connectivity index (χ1v) is 18.9. The van der Waals surface area contributed by atoms with Crippen molar-refractivity contribution in [2.24, 2.45) is 11.8 Å². The van der Waals surface area contributed by atoms with E-state index in [1.54, 1.807) is 0 Å². The standard InChI is InChI=1S/C38H74O4/c1-5-9-13-17-19-23-29-35(27-21-15-11-7-3)33-41-37(39)31-25-26-32-38(40)42-34-36(28-22-16-12-8-4)30-24-20-18-14-10-6-2/h35-36H,5-34H2,1-4H3. The van der Waals surface area contributed by atoms with Gasteiger partial charge in [-0.05, 0) is 50.4 Å². The highest BCUT2D eigenvalue weighted by atomic mass is 16.5. The van der Waals surface area contributed by atoms with E-state index in [1.165, 1.54) is 154 Å². The molecule has 2 unspecified atom stereocenters. The van der Waals surface area contributed by atoms with Crippen LogP contribution >= 0.6 is 0 Å². The molecule has 0 saturated heterocycles. The first kappa shape index (κ1) is 40.9. The van der Waals surface area contributed by atoms with Crippen LogP contribution in [0.1, 0.15) is 207 Å². The average molecular weight is 595 g/mol. The molecule has 42 heavy (non-hydrogen) atoms. The Morgan fingerprint density at radius 2 is 0.643 bits per heavy atom. The molecular formula is C38H74O4. The third kappa shape index (κ3) is 29.0. The Labute approximate surface area is 263 Å². The minimum Gasteiger partial charge on any atom is -0.465 e. The van der Waals surface area contributed by atoms with E-state index < -0.39 is 0 Å². The molecule has 0 N–H and O–H groups in total. The van der Waals surface area contributed by atoms with Crippen molar-refractivity contribution in [3.8, 4) is 0 Å². The van der Waals surface area contributed by atoms with Gasteiger partial charge >= 0.3 is 11.9 Å². The smallest absolute Gasteiger partial charge is 0.305 e. The number of hydrogen-bond acceptors (Lipinski definition) is 4. The maximum absolute atomic E-state index is 12.4. The van der Waals surface area contributed by atoms with Crippen molar-refractivity contribution in [1.29, 1.82) is 0 Å². The number of rotatable bonds is 33. The molecule has 0 saturated carbocycles. The molecule has 0 spiro atoms. The summed E-state index contributed by atoms with van der Waals surface area (Å²) in [6.45, 7) is 10.2. The molecular weight excluding hydrogens is 520 g/mol. The van der Waals surface area contributed by atoms with Crippen LogP contribution in [0.2, 0.25) is 0 Å². The lowest BCUT2D eigenvalue weighted by atomic mass is 9.95. The quantitative estimate of drug-likeness (QED) is 0.0560. The van der Waals surface area contributed by atoms with E-state index in [-0.39, 0.29) is 11.9 Å². The summed E-state index contributed by atoms with van der Waals surface area (Å²) in [6, 6.07) is 0. The second kappa shape index (κ2) is 32.8. The van der Waals surface area contributed by atoms with Crippen molar-refractivity contribution in [3.05, 3.63) is 0 Å². The minimum atomic E-state index is -0.101. The molecule has 0 aliphatic carbocycles. The Hall–Kier alpha value is -1.06. The summed E-state index contributed by atoms with van der Waals surface area (Å²) in [5, 5.41) is 0. The SMILES string of the molecule is CCCCCCCCC(CCCCCC)COC(=O)CCCCC(=O)OCC(CCCCCC)CCCCCCCC. The molecule has 4 nitrogen and oxygen atoms in total. The van der Waals surface area contributed by atoms with Gasteiger partial charge in [-0.2, -0.15) is 0 Å². The Balaban J connectivity index is 4.22. The Morgan fingerprint density at radius 1 is 0.381 bits per heavy atom. The second-order valence-corrected chi connectivity index (χ2v) is 13.1. The average Bonchev–Trinajstić information content (AvgIpc) is 2.99. The zero-order valence-corrected chi connectivity index (χ0v) is 29.0. The highest BCUT2D eigenvalue weighted by Crippen LogP contribution is 2.21. The summed E-state index contributed by atoms with van der Waals surface area (Å²) in [4.78, 5) is 24.8. The monoisotopic (exact) mass is 595 g/mol.